The van der Waals surface area contributed by atoms with Crippen LogP contribution in [0.25, 0.3) is 0 Å². The molecule has 0 bridgehead atoms. The number of hydrogen-bond acceptors (Lipinski definition) is 2. The third kappa shape index (κ3) is 6.11. The highest BCUT2D eigenvalue weighted by molar-refractivity contribution is 6.30. The quantitative estimate of drug-likeness (QED) is 0.692. The topological polar surface area (TPSA) is 61.4 Å². The highest BCUT2D eigenvalue weighted by atomic mass is 35.5. The number of nitrogens with zero attached hydrogens (tertiary/aromatic N) is 1. The number of urea groups is 1. The zero-order chi connectivity index (χ0) is 21.8. The van der Waals surface area contributed by atoms with Gasteiger partial charge in [0.05, 0.1) is 0 Å². The number of halogens is 1. The molecule has 1 aromatic carbocycles. The molecule has 1 fully saturated rings. The van der Waals surface area contributed by atoms with Crippen LogP contribution >= 0.6 is 11.6 Å². The van der Waals surface area contributed by atoms with Gasteiger partial charge in [-0.3, -0.25) is 4.79 Å². The van der Waals surface area contributed by atoms with E-state index in [0.717, 1.165) is 17.9 Å². The normalized spacial score (nSPS) is 20.8. The molecule has 2 rings (SSSR count). The Morgan fingerprint density at radius 3 is 2.31 bits per heavy atom. The Bertz CT molecular complexity index is 703. The molecule has 5 nitrogen and oxygen atoms in total. The third-order valence-corrected chi connectivity index (χ3v) is 6.27. The molecule has 0 spiro atoms. The van der Waals surface area contributed by atoms with Crippen molar-refractivity contribution in [3.63, 3.8) is 0 Å². The van der Waals surface area contributed by atoms with Gasteiger partial charge in [-0.2, -0.15) is 0 Å². The van der Waals surface area contributed by atoms with Gasteiger partial charge in [0.25, 0.3) is 0 Å². The van der Waals surface area contributed by atoms with Crippen LogP contribution in [0.3, 0.4) is 0 Å². The van der Waals surface area contributed by atoms with Gasteiger partial charge in [-0.15, -0.1) is 0 Å². The van der Waals surface area contributed by atoms with Crippen molar-refractivity contribution in [2.24, 2.45) is 11.3 Å². The summed E-state index contributed by atoms with van der Waals surface area (Å²) < 4.78 is 0. The fourth-order valence-electron chi connectivity index (χ4n) is 4.08. The molecule has 3 unspecified atom stereocenters. The first-order valence-corrected chi connectivity index (χ1v) is 11.0. The lowest BCUT2D eigenvalue weighted by atomic mass is 9.70. The second kappa shape index (κ2) is 9.84. The Balaban J connectivity index is 2.08. The highest BCUT2D eigenvalue weighted by Crippen LogP contribution is 2.42. The fraction of sp³-hybridized carbons (Fsp3) is 0.652. The molecule has 3 amide bonds. The molecule has 1 heterocycles. The Kier molecular flexibility index (Phi) is 7.98. The highest BCUT2D eigenvalue weighted by Gasteiger charge is 2.40. The summed E-state index contributed by atoms with van der Waals surface area (Å²) in [5, 5.41) is 6.53. The van der Waals surface area contributed by atoms with Crippen molar-refractivity contribution < 1.29 is 9.59 Å². The van der Waals surface area contributed by atoms with Crippen LogP contribution in [0.1, 0.15) is 65.9 Å². The van der Waals surface area contributed by atoms with Crippen molar-refractivity contribution in [1.29, 1.82) is 0 Å². The number of nitrogens with one attached hydrogen (secondary N) is 2. The van der Waals surface area contributed by atoms with Crippen LogP contribution in [-0.4, -0.2) is 42.0 Å². The molecule has 1 saturated heterocycles. The Morgan fingerprint density at radius 2 is 1.79 bits per heavy atom. The van der Waals surface area contributed by atoms with Crippen LogP contribution in [0.5, 0.6) is 0 Å². The van der Waals surface area contributed by atoms with Gasteiger partial charge >= 0.3 is 6.03 Å². The zero-order valence-electron chi connectivity index (χ0n) is 18.6. The van der Waals surface area contributed by atoms with Gasteiger partial charge in [0.2, 0.25) is 5.91 Å². The summed E-state index contributed by atoms with van der Waals surface area (Å²) >= 11 is 6.04. The number of rotatable bonds is 6. The zero-order valence-corrected chi connectivity index (χ0v) is 19.3. The maximum atomic E-state index is 13.3. The lowest BCUT2D eigenvalue weighted by Gasteiger charge is -2.45. The predicted octanol–water partition coefficient (Wildman–Crippen LogP) is 4.80. The van der Waals surface area contributed by atoms with Gasteiger partial charge in [-0.1, -0.05) is 58.4 Å². The van der Waals surface area contributed by atoms with Crippen molar-refractivity contribution in [3.05, 3.63) is 34.9 Å². The SMILES string of the molecule is CCC(C)NC(=O)NC(C(=O)N1CCC(c2ccc(Cl)cc2)C(C)(C)C1)C(C)C. The maximum Gasteiger partial charge on any atom is 0.315 e. The van der Waals surface area contributed by atoms with Crippen molar-refractivity contribution in [2.75, 3.05) is 13.1 Å². The lowest BCUT2D eigenvalue weighted by molar-refractivity contribution is -0.137. The largest absolute Gasteiger partial charge is 0.340 e. The van der Waals surface area contributed by atoms with E-state index in [-0.39, 0.29) is 29.3 Å². The summed E-state index contributed by atoms with van der Waals surface area (Å²) in [6.07, 6.45) is 1.74. The molecule has 1 aliphatic heterocycles. The molecular formula is C23H36ClN3O2. The Morgan fingerprint density at radius 1 is 1.17 bits per heavy atom. The van der Waals surface area contributed by atoms with Gasteiger partial charge in [-0.25, -0.2) is 4.79 Å². The van der Waals surface area contributed by atoms with E-state index in [1.807, 2.05) is 44.7 Å². The van der Waals surface area contributed by atoms with Crippen molar-refractivity contribution in [3.8, 4) is 0 Å². The molecule has 0 radical (unpaired) electrons. The van der Waals surface area contributed by atoms with Gasteiger partial charge in [0, 0.05) is 24.2 Å². The molecular weight excluding hydrogens is 386 g/mol. The molecule has 0 aliphatic carbocycles. The Hall–Kier alpha value is -1.75. The van der Waals surface area contributed by atoms with Crippen LogP contribution in [0.2, 0.25) is 5.02 Å². The summed E-state index contributed by atoms with van der Waals surface area (Å²) in [7, 11) is 0. The van der Waals surface area contributed by atoms with Crippen LogP contribution < -0.4 is 10.6 Å². The number of carbonyl (C=O) groups excluding carboxylic acids is 2. The monoisotopic (exact) mass is 421 g/mol. The average molecular weight is 422 g/mol. The molecule has 0 aromatic heterocycles. The fourth-order valence-corrected chi connectivity index (χ4v) is 4.20. The van der Waals surface area contributed by atoms with Crippen molar-refractivity contribution in [2.45, 2.75) is 72.4 Å². The lowest BCUT2D eigenvalue weighted by Crippen LogP contribution is -2.57. The average Bonchev–Trinajstić information content (AvgIpc) is 2.65. The van der Waals surface area contributed by atoms with E-state index in [9.17, 15) is 9.59 Å². The Labute approximate surface area is 180 Å². The van der Waals surface area contributed by atoms with Gasteiger partial charge in [0.15, 0.2) is 0 Å². The molecule has 0 saturated carbocycles. The first-order chi connectivity index (χ1) is 13.5. The molecule has 1 aromatic rings. The number of benzene rings is 1. The molecule has 2 N–H and O–H groups in total. The smallest absolute Gasteiger partial charge is 0.315 e. The minimum atomic E-state index is -0.526. The van der Waals surface area contributed by atoms with E-state index < -0.39 is 6.04 Å². The molecule has 1 aliphatic rings. The van der Waals surface area contributed by atoms with E-state index in [1.54, 1.807) is 0 Å². The number of hydrogen-bond donors (Lipinski definition) is 2. The van der Waals surface area contributed by atoms with Gasteiger partial charge < -0.3 is 15.5 Å². The minimum absolute atomic E-state index is 0.00179. The van der Waals surface area contributed by atoms with E-state index in [0.29, 0.717) is 19.0 Å². The second-order valence-electron chi connectivity index (χ2n) is 9.29. The van der Waals surface area contributed by atoms with Crippen molar-refractivity contribution >= 4 is 23.5 Å². The number of carbonyl (C=O) groups is 2. The summed E-state index contributed by atoms with van der Waals surface area (Å²) in [5.41, 5.74) is 1.19. The minimum Gasteiger partial charge on any atom is -0.340 e. The van der Waals surface area contributed by atoms with Crippen molar-refractivity contribution in [1.82, 2.24) is 15.5 Å². The summed E-state index contributed by atoms with van der Waals surface area (Å²) in [5.74, 6) is 0.382. The van der Waals surface area contributed by atoms with E-state index in [1.165, 1.54) is 5.56 Å². The van der Waals surface area contributed by atoms with Gasteiger partial charge in [-0.05, 0) is 54.7 Å². The first kappa shape index (κ1) is 23.5. The number of amides is 3. The first-order valence-electron chi connectivity index (χ1n) is 10.7. The van der Waals surface area contributed by atoms with Crippen LogP contribution in [0, 0.1) is 11.3 Å². The molecule has 29 heavy (non-hydrogen) atoms. The van der Waals surface area contributed by atoms with E-state index >= 15 is 0 Å². The predicted molar refractivity (Wildman–Crippen MR) is 119 cm³/mol. The molecule has 6 heteroatoms. The summed E-state index contributed by atoms with van der Waals surface area (Å²) in [6, 6.07) is 7.31. The van der Waals surface area contributed by atoms with Crippen LogP contribution in [0.4, 0.5) is 4.79 Å². The maximum absolute atomic E-state index is 13.3. The van der Waals surface area contributed by atoms with E-state index in [4.69, 9.17) is 11.6 Å². The standard InChI is InChI=1S/C23H36ClN3O2/c1-7-16(4)25-22(29)26-20(15(2)3)21(28)27-13-12-19(23(5,6)14-27)17-8-10-18(24)11-9-17/h8-11,15-16,19-20H,7,12-14H2,1-6H3,(H2,25,26,29). The van der Waals surface area contributed by atoms with Gasteiger partial charge in [0.1, 0.15) is 6.04 Å². The molecule has 162 valence electrons. The number of likely N-dealkylation sites (tertiary alicyclic amines) is 1. The third-order valence-electron chi connectivity index (χ3n) is 6.02. The van der Waals surface area contributed by atoms with Crippen LogP contribution in [-0.2, 0) is 4.79 Å². The van der Waals surface area contributed by atoms with E-state index in [2.05, 4.69) is 36.6 Å². The summed E-state index contributed by atoms with van der Waals surface area (Å²) in [6.45, 7) is 13.7. The second-order valence-corrected chi connectivity index (χ2v) is 9.73. The number of piperidine rings is 1. The van der Waals surface area contributed by atoms with Crippen LogP contribution in [0.15, 0.2) is 24.3 Å². The summed E-state index contributed by atoms with van der Waals surface area (Å²) in [4.78, 5) is 27.5. The molecule has 3 atom stereocenters.